The lowest BCUT2D eigenvalue weighted by molar-refractivity contribution is -0.384. The second kappa shape index (κ2) is 5.83. The van der Waals surface area contributed by atoms with Gasteiger partial charge in [-0.1, -0.05) is 6.07 Å². The SMILES string of the molecule is Cc1nc(Nc2cccc([N+](=O)[O-])c2)c2c3c(sc2n1)CCCC3. The van der Waals surface area contributed by atoms with Crippen molar-refractivity contribution in [3.8, 4) is 0 Å². The van der Waals surface area contributed by atoms with E-state index in [2.05, 4.69) is 15.3 Å². The van der Waals surface area contributed by atoms with Gasteiger partial charge in [-0.05, 0) is 44.2 Å². The van der Waals surface area contributed by atoms with Crippen molar-refractivity contribution in [2.75, 3.05) is 5.32 Å². The summed E-state index contributed by atoms with van der Waals surface area (Å²) in [7, 11) is 0. The van der Waals surface area contributed by atoms with Crippen LogP contribution in [0.4, 0.5) is 17.2 Å². The summed E-state index contributed by atoms with van der Waals surface area (Å²) in [5.41, 5.74) is 2.07. The molecular formula is C17H16N4O2S. The summed E-state index contributed by atoms with van der Waals surface area (Å²) in [5, 5.41) is 15.3. The number of benzene rings is 1. The third-order valence-corrected chi connectivity index (χ3v) is 5.43. The smallest absolute Gasteiger partial charge is 0.271 e. The number of nitro groups is 1. The Balaban J connectivity index is 1.82. The average Bonchev–Trinajstić information content (AvgIpc) is 2.93. The fraction of sp³-hybridized carbons (Fsp3) is 0.294. The van der Waals surface area contributed by atoms with Crippen LogP contribution in [0.5, 0.6) is 0 Å². The predicted octanol–water partition coefficient (Wildman–Crippen LogP) is 4.53. The zero-order valence-electron chi connectivity index (χ0n) is 13.2. The second-order valence-electron chi connectivity index (χ2n) is 5.94. The Morgan fingerprint density at radius 1 is 1.25 bits per heavy atom. The first kappa shape index (κ1) is 15.0. The molecular weight excluding hydrogens is 324 g/mol. The van der Waals surface area contributed by atoms with Gasteiger partial charge in [-0.15, -0.1) is 11.3 Å². The molecule has 6 nitrogen and oxygen atoms in total. The molecule has 0 spiro atoms. The number of anilines is 2. The van der Waals surface area contributed by atoms with Crippen LogP contribution in [0.3, 0.4) is 0 Å². The molecule has 0 amide bonds. The standard InChI is InChI=1S/C17H16N4O2S/c1-10-18-16(20-11-5-4-6-12(9-11)21(22)23)15-13-7-2-3-8-14(13)24-17(15)19-10/h4-6,9H,2-3,7-8H2,1H3,(H,18,19,20). The summed E-state index contributed by atoms with van der Waals surface area (Å²) in [5.74, 6) is 1.45. The topological polar surface area (TPSA) is 81.0 Å². The van der Waals surface area contributed by atoms with Crippen LogP contribution in [0.1, 0.15) is 29.1 Å². The maximum atomic E-state index is 11.0. The number of nitrogens with zero attached hydrogens (tertiary/aromatic N) is 3. The molecule has 7 heteroatoms. The van der Waals surface area contributed by atoms with Crippen molar-refractivity contribution in [1.29, 1.82) is 0 Å². The predicted molar refractivity (Wildman–Crippen MR) is 95.2 cm³/mol. The van der Waals surface area contributed by atoms with Gasteiger partial charge in [0, 0.05) is 22.7 Å². The highest BCUT2D eigenvalue weighted by molar-refractivity contribution is 7.19. The highest BCUT2D eigenvalue weighted by atomic mass is 32.1. The summed E-state index contributed by atoms with van der Waals surface area (Å²) in [6.07, 6.45) is 4.56. The number of aromatic nitrogens is 2. The van der Waals surface area contributed by atoms with Crippen molar-refractivity contribution in [1.82, 2.24) is 9.97 Å². The minimum atomic E-state index is -0.390. The Bertz CT molecular complexity index is 951. The van der Waals surface area contributed by atoms with Gasteiger partial charge in [0.15, 0.2) is 0 Å². The average molecular weight is 340 g/mol. The molecule has 3 aromatic rings. The van der Waals surface area contributed by atoms with E-state index in [1.807, 2.05) is 13.0 Å². The molecule has 1 aliphatic carbocycles. The normalized spacial score (nSPS) is 13.7. The molecule has 4 rings (SSSR count). The lowest BCUT2D eigenvalue weighted by Gasteiger charge is -2.13. The molecule has 0 aliphatic heterocycles. The Kier molecular flexibility index (Phi) is 3.65. The highest BCUT2D eigenvalue weighted by Crippen LogP contribution is 2.39. The van der Waals surface area contributed by atoms with Gasteiger partial charge in [-0.2, -0.15) is 0 Å². The molecule has 1 aromatic carbocycles. The zero-order chi connectivity index (χ0) is 16.7. The first-order chi connectivity index (χ1) is 11.6. The van der Waals surface area contributed by atoms with Gasteiger partial charge in [-0.25, -0.2) is 9.97 Å². The van der Waals surface area contributed by atoms with Gasteiger partial charge in [0.25, 0.3) is 5.69 Å². The third kappa shape index (κ3) is 2.60. The number of fused-ring (bicyclic) bond motifs is 3. The number of aryl methyl sites for hydroxylation is 3. The molecule has 0 saturated heterocycles. The number of nitro benzene ring substituents is 1. The molecule has 0 saturated carbocycles. The van der Waals surface area contributed by atoms with E-state index < -0.39 is 4.92 Å². The first-order valence-corrected chi connectivity index (χ1v) is 8.74. The minimum Gasteiger partial charge on any atom is -0.339 e. The van der Waals surface area contributed by atoms with E-state index in [-0.39, 0.29) is 5.69 Å². The van der Waals surface area contributed by atoms with Crippen molar-refractivity contribution in [2.45, 2.75) is 32.6 Å². The summed E-state index contributed by atoms with van der Waals surface area (Å²) in [6, 6.07) is 6.50. The minimum absolute atomic E-state index is 0.0642. The van der Waals surface area contributed by atoms with Crippen LogP contribution in [0.2, 0.25) is 0 Å². The Hall–Kier alpha value is -2.54. The van der Waals surface area contributed by atoms with E-state index in [9.17, 15) is 10.1 Å². The van der Waals surface area contributed by atoms with E-state index in [4.69, 9.17) is 0 Å². The third-order valence-electron chi connectivity index (χ3n) is 4.25. The van der Waals surface area contributed by atoms with Crippen molar-refractivity contribution < 1.29 is 4.92 Å². The van der Waals surface area contributed by atoms with Gasteiger partial charge in [0.1, 0.15) is 16.5 Å². The van der Waals surface area contributed by atoms with Gasteiger partial charge < -0.3 is 5.32 Å². The molecule has 1 N–H and O–H groups in total. The molecule has 0 atom stereocenters. The Morgan fingerprint density at radius 2 is 2.08 bits per heavy atom. The Labute approximate surface area is 142 Å². The monoisotopic (exact) mass is 340 g/mol. The summed E-state index contributed by atoms with van der Waals surface area (Å²) in [6.45, 7) is 1.87. The van der Waals surface area contributed by atoms with Crippen molar-refractivity contribution >= 4 is 38.7 Å². The Morgan fingerprint density at radius 3 is 2.92 bits per heavy atom. The molecule has 24 heavy (non-hydrogen) atoms. The molecule has 0 bridgehead atoms. The number of hydrogen-bond donors (Lipinski definition) is 1. The fourth-order valence-electron chi connectivity index (χ4n) is 3.19. The molecule has 0 fully saturated rings. The second-order valence-corrected chi connectivity index (χ2v) is 7.03. The van der Waals surface area contributed by atoms with Crippen molar-refractivity contribution in [3.05, 3.63) is 50.6 Å². The summed E-state index contributed by atoms with van der Waals surface area (Å²) < 4.78 is 0. The van der Waals surface area contributed by atoms with Gasteiger partial charge >= 0.3 is 0 Å². The van der Waals surface area contributed by atoms with E-state index in [1.54, 1.807) is 17.4 Å². The first-order valence-electron chi connectivity index (χ1n) is 7.92. The molecule has 0 radical (unpaired) electrons. The van der Waals surface area contributed by atoms with E-state index >= 15 is 0 Å². The fourth-order valence-corrected chi connectivity index (χ4v) is 4.50. The van der Waals surface area contributed by atoms with Crippen LogP contribution in [-0.2, 0) is 12.8 Å². The van der Waals surface area contributed by atoms with E-state index in [0.717, 1.165) is 28.9 Å². The van der Waals surface area contributed by atoms with Crippen LogP contribution < -0.4 is 5.32 Å². The van der Waals surface area contributed by atoms with Crippen LogP contribution >= 0.6 is 11.3 Å². The molecule has 2 aromatic heterocycles. The van der Waals surface area contributed by atoms with E-state index in [1.165, 1.54) is 35.4 Å². The van der Waals surface area contributed by atoms with Crippen molar-refractivity contribution in [2.24, 2.45) is 0 Å². The molecule has 122 valence electrons. The van der Waals surface area contributed by atoms with Gasteiger partial charge in [0.05, 0.1) is 10.3 Å². The van der Waals surface area contributed by atoms with Crippen LogP contribution in [-0.4, -0.2) is 14.9 Å². The summed E-state index contributed by atoms with van der Waals surface area (Å²) in [4.78, 5) is 22.1. The quantitative estimate of drug-likeness (QED) is 0.559. The molecule has 1 aliphatic rings. The lowest BCUT2D eigenvalue weighted by Crippen LogP contribution is -2.02. The number of non-ortho nitro benzene ring substituents is 1. The van der Waals surface area contributed by atoms with Gasteiger partial charge in [0.2, 0.25) is 0 Å². The number of rotatable bonds is 3. The van der Waals surface area contributed by atoms with Crippen molar-refractivity contribution in [3.63, 3.8) is 0 Å². The van der Waals surface area contributed by atoms with E-state index in [0.29, 0.717) is 11.5 Å². The number of nitrogens with one attached hydrogen (secondary N) is 1. The van der Waals surface area contributed by atoms with Crippen LogP contribution in [0.25, 0.3) is 10.2 Å². The summed E-state index contributed by atoms with van der Waals surface area (Å²) >= 11 is 1.75. The maximum Gasteiger partial charge on any atom is 0.271 e. The molecule has 2 heterocycles. The highest BCUT2D eigenvalue weighted by Gasteiger charge is 2.21. The van der Waals surface area contributed by atoms with Crippen LogP contribution in [0.15, 0.2) is 24.3 Å². The maximum absolute atomic E-state index is 11.0. The lowest BCUT2D eigenvalue weighted by atomic mass is 9.97. The number of hydrogen-bond acceptors (Lipinski definition) is 6. The zero-order valence-corrected chi connectivity index (χ0v) is 14.0. The molecule has 0 unspecified atom stereocenters. The number of thiophene rings is 1. The van der Waals surface area contributed by atoms with Gasteiger partial charge in [-0.3, -0.25) is 10.1 Å². The largest absolute Gasteiger partial charge is 0.339 e. The van der Waals surface area contributed by atoms with Crippen LogP contribution in [0, 0.1) is 17.0 Å².